The highest BCUT2D eigenvalue weighted by Gasteiger charge is 2.27. The Bertz CT molecular complexity index is 907. The number of rotatable bonds is 7. The van der Waals surface area contributed by atoms with Crippen molar-refractivity contribution in [3.05, 3.63) is 84.4 Å². The third-order valence-corrected chi connectivity index (χ3v) is 5.56. The first-order chi connectivity index (χ1) is 14.7. The predicted molar refractivity (Wildman–Crippen MR) is 117 cm³/mol. The molecule has 0 bridgehead atoms. The number of piperazine rings is 1. The van der Waals surface area contributed by atoms with Gasteiger partial charge in [-0.15, -0.1) is 0 Å². The Morgan fingerprint density at radius 2 is 1.77 bits per heavy atom. The van der Waals surface area contributed by atoms with Crippen LogP contribution in [-0.4, -0.2) is 59.5 Å². The topological polar surface area (TPSA) is 52.8 Å². The Labute approximate surface area is 177 Å². The standard InChI is InChI=1S/C24H28N4O2/c1-20(17-26-12-14-27(15-13-26)18-21-7-3-2-4-8-21)28(23-9-5-6-11-25-23)24(29)22-10-16-30-19-22/h2-11,16,19-20H,12-15,17-18H2,1H3/t20-/m0/s1. The van der Waals surface area contributed by atoms with Gasteiger partial charge in [0.15, 0.2) is 0 Å². The minimum absolute atomic E-state index is 0.0111. The minimum Gasteiger partial charge on any atom is -0.472 e. The molecule has 1 saturated heterocycles. The highest BCUT2D eigenvalue weighted by molar-refractivity contribution is 6.05. The summed E-state index contributed by atoms with van der Waals surface area (Å²) in [4.78, 5) is 24.3. The van der Waals surface area contributed by atoms with E-state index < -0.39 is 0 Å². The van der Waals surface area contributed by atoms with Crippen molar-refractivity contribution < 1.29 is 9.21 Å². The molecule has 0 radical (unpaired) electrons. The molecule has 6 heteroatoms. The molecule has 1 aliphatic heterocycles. The first-order valence-corrected chi connectivity index (χ1v) is 10.5. The van der Waals surface area contributed by atoms with E-state index in [-0.39, 0.29) is 11.9 Å². The molecule has 0 unspecified atom stereocenters. The van der Waals surface area contributed by atoms with Crippen molar-refractivity contribution in [2.45, 2.75) is 19.5 Å². The maximum atomic E-state index is 13.1. The van der Waals surface area contributed by atoms with Gasteiger partial charge in [0.1, 0.15) is 12.1 Å². The summed E-state index contributed by atoms with van der Waals surface area (Å²) in [5, 5.41) is 0. The number of hydrogen-bond donors (Lipinski definition) is 0. The number of amides is 1. The molecule has 0 saturated carbocycles. The molecule has 1 atom stereocenters. The quantitative estimate of drug-likeness (QED) is 0.603. The maximum absolute atomic E-state index is 13.1. The minimum atomic E-state index is -0.0855. The van der Waals surface area contributed by atoms with Crippen molar-refractivity contribution in [2.75, 3.05) is 37.6 Å². The molecule has 156 valence electrons. The first kappa shape index (κ1) is 20.3. The summed E-state index contributed by atoms with van der Waals surface area (Å²) < 4.78 is 5.13. The van der Waals surface area contributed by atoms with E-state index in [0.29, 0.717) is 11.4 Å². The van der Waals surface area contributed by atoms with E-state index in [0.717, 1.165) is 39.3 Å². The second-order valence-electron chi connectivity index (χ2n) is 7.79. The summed E-state index contributed by atoms with van der Waals surface area (Å²) in [6.07, 6.45) is 4.74. The van der Waals surface area contributed by atoms with Gasteiger partial charge >= 0.3 is 0 Å². The van der Waals surface area contributed by atoms with E-state index in [1.54, 1.807) is 17.2 Å². The molecule has 0 N–H and O–H groups in total. The van der Waals surface area contributed by atoms with Crippen molar-refractivity contribution in [2.24, 2.45) is 0 Å². The fourth-order valence-corrected chi connectivity index (χ4v) is 3.98. The number of carbonyl (C=O) groups is 1. The van der Waals surface area contributed by atoms with E-state index in [2.05, 4.69) is 52.0 Å². The molecule has 3 aromatic rings. The predicted octanol–water partition coefficient (Wildman–Crippen LogP) is 3.53. The Kier molecular flexibility index (Phi) is 6.57. The van der Waals surface area contributed by atoms with Crippen LogP contribution in [0.1, 0.15) is 22.8 Å². The molecule has 0 spiro atoms. The number of aromatic nitrogens is 1. The van der Waals surface area contributed by atoms with E-state index in [1.807, 2.05) is 18.2 Å². The lowest BCUT2D eigenvalue weighted by Gasteiger charge is -2.38. The number of carbonyl (C=O) groups excluding carboxylic acids is 1. The summed E-state index contributed by atoms with van der Waals surface area (Å²) in [5.74, 6) is 0.580. The van der Waals surface area contributed by atoms with Gasteiger partial charge in [0.05, 0.1) is 11.8 Å². The molecule has 4 rings (SSSR count). The lowest BCUT2D eigenvalue weighted by Crippen LogP contribution is -2.51. The van der Waals surface area contributed by atoms with Crippen LogP contribution in [0.4, 0.5) is 5.82 Å². The van der Waals surface area contributed by atoms with E-state index >= 15 is 0 Å². The highest BCUT2D eigenvalue weighted by Crippen LogP contribution is 2.19. The van der Waals surface area contributed by atoms with E-state index in [9.17, 15) is 4.79 Å². The highest BCUT2D eigenvalue weighted by atomic mass is 16.3. The summed E-state index contributed by atoms with van der Waals surface area (Å²) in [7, 11) is 0. The molecule has 1 aliphatic rings. The maximum Gasteiger partial charge on any atom is 0.262 e. The van der Waals surface area contributed by atoms with E-state index in [4.69, 9.17) is 4.42 Å². The number of pyridine rings is 1. The van der Waals surface area contributed by atoms with Crippen LogP contribution in [-0.2, 0) is 6.54 Å². The number of furan rings is 1. The van der Waals surface area contributed by atoms with Crippen LogP contribution in [0.15, 0.2) is 77.7 Å². The van der Waals surface area contributed by atoms with Gasteiger partial charge in [-0.25, -0.2) is 4.98 Å². The largest absolute Gasteiger partial charge is 0.472 e. The normalized spacial score (nSPS) is 16.3. The van der Waals surface area contributed by atoms with Crippen molar-refractivity contribution in [3.63, 3.8) is 0 Å². The molecule has 30 heavy (non-hydrogen) atoms. The monoisotopic (exact) mass is 404 g/mol. The second kappa shape index (κ2) is 9.69. The molecular formula is C24H28N4O2. The fraction of sp³-hybridized carbons (Fsp3) is 0.333. The second-order valence-corrected chi connectivity index (χ2v) is 7.79. The van der Waals surface area contributed by atoms with Crippen LogP contribution in [0.25, 0.3) is 0 Å². The number of hydrogen-bond acceptors (Lipinski definition) is 5. The molecule has 1 aromatic carbocycles. The Hall–Kier alpha value is -2.96. The lowest BCUT2D eigenvalue weighted by molar-refractivity contribution is 0.0949. The van der Waals surface area contributed by atoms with Crippen LogP contribution in [0.5, 0.6) is 0 Å². The van der Waals surface area contributed by atoms with Gasteiger partial charge in [0.2, 0.25) is 0 Å². The molecule has 1 amide bonds. The summed E-state index contributed by atoms with van der Waals surface area (Å²) in [5.41, 5.74) is 1.89. The molecule has 2 aromatic heterocycles. The Balaban J connectivity index is 1.38. The van der Waals surface area contributed by atoms with E-state index in [1.165, 1.54) is 18.1 Å². The van der Waals surface area contributed by atoms with Gasteiger partial charge in [-0.05, 0) is 30.7 Å². The zero-order valence-corrected chi connectivity index (χ0v) is 17.4. The van der Waals surface area contributed by atoms with Gasteiger partial charge in [0, 0.05) is 51.5 Å². The lowest BCUT2D eigenvalue weighted by atomic mass is 10.1. The van der Waals surface area contributed by atoms with Crippen LogP contribution in [0.3, 0.4) is 0 Å². The van der Waals surface area contributed by atoms with Crippen LogP contribution >= 0.6 is 0 Å². The zero-order chi connectivity index (χ0) is 20.8. The van der Waals surface area contributed by atoms with Crippen molar-refractivity contribution >= 4 is 11.7 Å². The van der Waals surface area contributed by atoms with Crippen molar-refractivity contribution in [1.82, 2.24) is 14.8 Å². The van der Waals surface area contributed by atoms with Crippen LogP contribution in [0.2, 0.25) is 0 Å². The van der Waals surface area contributed by atoms with Crippen molar-refractivity contribution in [3.8, 4) is 0 Å². The van der Waals surface area contributed by atoms with Gasteiger partial charge in [-0.3, -0.25) is 19.5 Å². The number of anilines is 1. The first-order valence-electron chi connectivity index (χ1n) is 10.5. The third-order valence-electron chi connectivity index (χ3n) is 5.56. The van der Waals surface area contributed by atoms with Crippen molar-refractivity contribution in [1.29, 1.82) is 0 Å². The van der Waals surface area contributed by atoms with Crippen LogP contribution in [0, 0.1) is 0 Å². The molecule has 0 aliphatic carbocycles. The summed E-state index contributed by atoms with van der Waals surface area (Å²) >= 11 is 0. The van der Waals surface area contributed by atoms with Gasteiger partial charge in [-0.2, -0.15) is 0 Å². The Morgan fingerprint density at radius 3 is 2.43 bits per heavy atom. The zero-order valence-electron chi connectivity index (χ0n) is 17.4. The fourth-order valence-electron chi connectivity index (χ4n) is 3.98. The smallest absolute Gasteiger partial charge is 0.262 e. The summed E-state index contributed by atoms with van der Waals surface area (Å²) in [6, 6.07) is 17.9. The molecular weight excluding hydrogens is 376 g/mol. The molecule has 3 heterocycles. The van der Waals surface area contributed by atoms with Crippen LogP contribution < -0.4 is 4.90 Å². The molecule has 6 nitrogen and oxygen atoms in total. The SMILES string of the molecule is C[C@@H](CN1CCN(Cc2ccccc2)CC1)N(C(=O)c1ccoc1)c1ccccn1. The van der Waals surface area contributed by atoms with Gasteiger partial charge < -0.3 is 4.42 Å². The molecule has 1 fully saturated rings. The number of nitrogens with zero attached hydrogens (tertiary/aromatic N) is 4. The summed E-state index contributed by atoms with van der Waals surface area (Å²) in [6.45, 7) is 7.92. The average Bonchev–Trinajstić information content (AvgIpc) is 3.32. The number of benzene rings is 1. The van der Waals surface area contributed by atoms with Gasteiger partial charge in [-0.1, -0.05) is 36.4 Å². The van der Waals surface area contributed by atoms with Gasteiger partial charge in [0.25, 0.3) is 5.91 Å². The Morgan fingerprint density at radius 1 is 1.03 bits per heavy atom. The average molecular weight is 405 g/mol. The third kappa shape index (κ3) is 4.96.